The number of para-hydroxylation sites is 1. The Labute approximate surface area is 201 Å². The monoisotopic (exact) mass is 462 g/mol. The fourth-order valence-corrected chi connectivity index (χ4v) is 4.33. The van der Waals surface area contributed by atoms with E-state index in [1.54, 1.807) is 0 Å². The van der Waals surface area contributed by atoms with Crippen molar-refractivity contribution in [1.82, 2.24) is 10.2 Å². The molecule has 7 nitrogen and oxygen atoms in total. The summed E-state index contributed by atoms with van der Waals surface area (Å²) < 4.78 is 5.95. The van der Waals surface area contributed by atoms with Gasteiger partial charge in [0.2, 0.25) is 17.8 Å². The lowest BCUT2D eigenvalue weighted by atomic mass is 10.1. The summed E-state index contributed by atoms with van der Waals surface area (Å²) in [4.78, 5) is 32.9. The fraction of sp³-hybridized carbons (Fsp3) is 0.444. The van der Waals surface area contributed by atoms with Crippen molar-refractivity contribution in [2.75, 3.05) is 24.6 Å². The Morgan fingerprint density at radius 3 is 2.74 bits per heavy atom. The van der Waals surface area contributed by atoms with E-state index < -0.39 is 0 Å². The number of fused-ring (bicyclic) bond motifs is 2. The number of aliphatic imine (C=N–C) groups is 1. The number of hydrogen-bond acceptors (Lipinski definition) is 5. The summed E-state index contributed by atoms with van der Waals surface area (Å²) in [7, 11) is 0. The molecular formula is C27H34N4O3. The highest BCUT2D eigenvalue weighted by atomic mass is 16.5. The van der Waals surface area contributed by atoms with Crippen molar-refractivity contribution in [1.29, 1.82) is 0 Å². The zero-order valence-corrected chi connectivity index (χ0v) is 20.0. The van der Waals surface area contributed by atoms with Crippen LogP contribution in [0.15, 0.2) is 53.5 Å². The van der Waals surface area contributed by atoms with Crippen LogP contribution in [0.1, 0.15) is 57.4 Å². The maximum Gasteiger partial charge on any atom is 0.246 e. The van der Waals surface area contributed by atoms with E-state index in [4.69, 9.17) is 4.74 Å². The molecule has 7 heteroatoms. The van der Waals surface area contributed by atoms with Crippen LogP contribution in [0.5, 0.6) is 5.75 Å². The van der Waals surface area contributed by atoms with Gasteiger partial charge in [-0.2, -0.15) is 0 Å². The molecule has 1 N–H and O–H groups in total. The van der Waals surface area contributed by atoms with Gasteiger partial charge in [0.15, 0.2) is 0 Å². The van der Waals surface area contributed by atoms with Crippen LogP contribution < -0.4 is 15.0 Å². The Kier molecular flexibility index (Phi) is 8.17. The Morgan fingerprint density at radius 2 is 1.91 bits per heavy atom. The molecule has 1 fully saturated rings. The number of anilines is 1. The Morgan fingerprint density at radius 1 is 1.06 bits per heavy atom. The maximum atomic E-state index is 13.0. The quantitative estimate of drug-likeness (QED) is 0.461. The Bertz CT molecular complexity index is 1020. The Hall–Kier alpha value is -3.35. The molecular weight excluding hydrogens is 428 g/mol. The smallest absolute Gasteiger partial charge is 0.246 e. The number of carbonyl (C=O) groups excluding carboxylic acids is 2. The minimum Gasteiger partial charge on any atom is -0.494 e. The third-order valence-corrected chi connectivity index (χ3v) is 6.18. The van der Waals surface area contributed by atoms with Gasteiger partial charge in [-0.1, -0.05) is 44.4 Å². The van der Waals surface area contributed by atoms with E-state index >= 15 is 0 Å². The normalized spacial score (nSPS) is 14.2. The molecule has 0 spiro atoms. The topological polar surface area (TPSA) is 74.2 Å². The summed E-state index contributed by atoms with van der Waals surface area (Å²) >= 11 is 0. The molecule has 0 saturated carbocycles. The fourth-order valence-electron chi connectivity index (χ4n) is 4.33. The highest BCUT2D eigenvalue weighted by molar-refractivity contribution is 6.05. The molecule has 0 aliphatic carbocycles. The third kappa shape index (κ3) is 6.16. The molecule has 0 atom stereocenters. The molecule has 4 rings (SSSR count). The van der Waals surface area contributed by atoms with E-state index in [2.05, 4.69) is 17.2 Å². The van der Waals surface area contributed by atoms with Gasteiger partial charge in [-0.3, -0.25) is 14.9 Å². The lowest BCUT2D eigenvalue weighted by Gasteiger charge is -2.23. The molecule has 2 amide bonds. The van der Waals surface area contributed by atoms with E-state index in [1.807, 2.05) is 58.3 Å². The zero-order chi connectivity index (χ0) is 23.8. The average molecular weight is 463 g/mol. The van der Waals surface area contributed by atoms with E-state index in [0.29, 0.717) is 32.1 Å². The van der Waals surface area contributed by atoms with Gasteiger partial charge in [-0.25, -0.2) is 4.99 Å². The first-order valence-electron chi connectivity index (χ1n) is 12.4. The maximum absolute atomic E-state index is 13.0. The van der Waals surface area contributed by atoms with Crippen molar-refractivity contribution in [3.8, 4) is 5.75 Å². The molecule has 2 aromatic carbocycles. The molecule has 0 bridgehead atoms. The number of carbonyl (C=O) groups is 2. The summed E-state index contributed by atoms with van der Waals surface area (Å²) in [6, 6.07) is 15.8. The zero-order valence-electron chi connectivity index (χ0n) is 20.0. The lowest BCUT2D eigenvalue weighted by Crippen LogP contribution is -2.32. The van der Waals surface area contributed by atoms with Crippen LogP contribution >= 0.6 is 0 Å². The highest BCUT2D eigenvalue weighted by Gasteiger charge is 2.29. The molecule has 0 radical (unpaired) electrons. The number of nitrogens with one attached hydrogen (secondary N) is 1. The summed E-state index contributed by atoms with van der Waals surface area (Å²) in [5, 5.41) is 2.78. The summed E-state index contributed by atoms with van der Waals surface area (Å²) in [5.41, 5.74) is 2.90. The number of hydrogen-bond donors (Lipinski definition) is 1. The number of rotatable bonds is 12. The van der Waals surface area contributed by atoms with Crippen LogP contribution in [0, 0.1) is 0 Å². The molecule has 0 aromatic heterocycles. The molecule has 2 aliphatic rings. The molecule has 34 heavy (non-hydrogen) atoms. The number of nitrogens with zero attached hydrogens (tertiary/aromatic N) is 3. The molecule has 1 saturated heterocycles. The van der Waals surface area contributed by atoms with Crippen LogP contribution in [0.3, 0.4) is 0 Å². The SMILES string of the molecule is CCCCCCN(C(=O)CCCCOc1ccc2c(c1)CN1CC(=O)NC1=N2)c1ccccc1. The van der Waals surface area contributed by atoms with Crippen LogP contribution in [0.2, 0.25) is 0 Å². The van der Waals surface area contributed by atoms with Crippen molar-refractivity contribution < 1.29 is 14.3 Å². The first kappa shape index (κ1) is 23.8. The number of ether oxygens (including phenoxy) is 1. The van der Waals surface area contributed by atoms with Gasteiger partial charge in [-0.15, -0.1) is 0 Å². The predicted octanol–water partition coefficient (Wildman–Crippen LogP) is 4.78. The van der Waals surface area contributed by atoms with Crippen LogP contribution in [-0.4, -0.2) is 42.4 Å². The van der Waals surface area contributed by atoms with Gasteiger partial charge in [0.05, 0.1) is 12.3 Å². The van der Waals surface area contributed by atoms with Gasteiger partial charge in [0.25, 0.3) is 0 Å². The van der Waals surface area contributed by atoms with Gasteiger partial charge >= 0.3 is 0 Å². The molecule has 2 aromatic rings. The first-order chi connectivity index (χ1) is 16.6. The number of amides is 2. The molecule has 0 unspecified atom stereocenters. The summed E-state index contributed by atoms with van der Waals surface area (Å²) in [6.45, 7) is 4.52. The van der Waals surface area contributed by atoms with E-state index in [1.165, 1.54) is 12.8 Å². The van der Waals surface area contributed by atoms with Gasteiger partial charge in [-0.05, 0) is 49.6 Å². The van der Waals surface area contributed by atoms with Crippen LogP contribution in [0.4, 0.5) is 11.4 Å². The second kappa shape index (κ2) is 11.7. The van der Waals surface area contributed by atoms with Gasteiger partial charge in [0.1, 0.15) is 12.3 Å². The van der Waals surface area contributed by atoms with E-state index in [9.17, 15) is 9.59 Å². The minimum absolute atomic E-state index is 0.0237. The van der Waals surface area contributed by atoms with Crippen molar-refractivity contribution >= 4 is 29.1 Å². The van der Waals surface area contributed by atoms with Crippen molar-refractivity contribution in [3.05, 3.63) is 54.1 Å². The van der Waals surface area contributed by atoms with Gasteiger partial charge in [0, 0.05) is 30.8 Å². The third-order valence-electron chi connectivity index (χ3n) is 6.18. The lowest BCUT2D eigenvalue weighted by molar-refractivity contribution is -0.119. The highest BCUT2D eigenvalue weighted by Crippen LogP contribution is 2.30. The predicted molar refractivity (Wildman–Crippen MR) is 134 cm³/mol. The summed E-state index contributed by atoms with van der Waals surface area (Å²) in [6.07, 6.45) is 6.70. The minimum atomic E-state index is -0.0237. The van der Waals surface area contributed by atoms with Crippen molar-refractivity contribution in [2.24, 2.45) is 4.99 Å². The van der Waals surface area contributed by atoms with E-state index in [-0.39, 0.29) is 11.8 Å². The second-order valence-corrected chi connectivity index (χ2v) is 8.88. The van der Waals surface area contributed by atoms with Gasteiger partial charge < -0.3 is 14.5 Å². The standard InChI is InChI=1S/C27H34N4O3/c1-2-3-4-9-16-31(22-11-6-5-7-12-22)26(33)13-8-10-17-34-23-14-15-24-21(18-23)19-30-20-25(32)29-27(30)28-24/h5-7,11-12,14-15,18H,2-4,8-10,13,16-17,19-20H2,1H3,(H,28,29,32). The number of unbranched alkanes of at least 4 members (excludes halogenated alkanes) is 4. The first-order valence-corrected chi connectivity index (χ1v) is 12.4. The summed E-state index contributed by atoms with van der Waals surface area (Å²) in [5.74, 6) is 1.58. The largest absolute Gasteiger partial charge is 0.494 e. The van der Waals surface area contributed by atoms with Crippen molar-refractivity contribution in [2.45, 2.75) is 58.4 Å². The van der Waals surface area contributed by atoms with Crippen LogP contribution in [0.25, 0.3) is 0 Å². The molecule has 2 aliphatic heterocycles. The molecule has 2 heterocycles. The second-order valence-electron chi connectivity index (χ2n) is 8.88. The van der Waals surface area contributed by atoms with Crippen LogP contribution in [-0.2, 0) is 16.1 Å². The van der Waals surface area contributed by atoms with E-state index in [0.717, 1.165) is 54.9 Å². The Balaban J connectivity index is 1.23. The number of benzene rings is 2. The number of guanidine groups is 1. The van der Waals surface area contributed by atoms with Crippen molar-refractivity contribution in [3.63, 3.8) is 0 Å². The average Bonchev–Trinajstić information content (AvgIpc) is 3.21. The molecule has 180 valence electrons.